The highest BCUT2D eigenvalue weighted by molar-refractivity contribution is 7.89. The first kappa shape index (κ1) is 18.1. The maximum Gasteiger partial charge on any atom is 0.243 e. The van der Waals surface area contributed by atoms with Gasteiger partial charge in [0.2, 0.25) is 15.9 Å². The SMILES string of the molecule is CC(=O)N1CCc2ccc(S(=O)(=O)N3CCNCC3c3nccn3C)cc21. The number of anilines is 1. The first-order chi connectivity index (χ1) is 12.9. The van der Waals surface area contributed by atoms with Gasteiger partial charge in [-0.2, -0.15) is 4.31 Å². The van der Waals surface area contributed by atoms with Crippen molar-refractivity contribution in [3.63, 3.8) is 0 Å². The van der Waals surface area contributed by atoms with Crippen molar-refractivity contribution in [2.45, 2.75) is 24.3 Å². The third-order valence-corrected chi connectivity index (χ3v) is 7.19. The molecule has 1 amide bonds. The lowest BCUT2D eigenvalue weighted by Gasteiger charge is -2.34. The Morgan fingerprint density at radius 2 is 2.11 bits per heavy atom. The van der Waals surface area contributed by atoms with Crippen LogP contribution in [0.3, 0.4) is 0 Å². The van der Waals surface area contributed by atoms with Gasteiger partial charge in [-0.05, 0) is 24.1 Å². The number of imidazole rings is 1. The molecule has 1 N–H and O–H groups in total. The monoisotopic (exact) mass is 389 g/mol. The lowest BCUT2D eigenvalue weighted by atomic mass is 10.2. The summed E-state index contributed by atoms with van der Waals surface area (Å²) in [6, 6.07) is 4.73. The van der Waals surface area contributed by atoms with Gasteiger partial charge in [0.05, 0.1) is 10.9 Å². The number of piperazine rings is 1. The first-order valence-electron chi connectivity index (χ1n) is 9.00. The van der Waals surface area contributed by atoms with Crippen LogP contribution in [0.25, 0.3) is 0 Å². The second-order valence-corrected chi connectivity index (χ2v) is 8.83. The lowest BCUT2D eigenvalue weighted by Crippen LogP contribution is -2.49. The zero-order chi connectivity index (χ0) is 19.2. The van der Waals surface area contributed by atoms with Crippen LogP contribution in [-0.4, -0.2) is 54.4 Å². The van der Waals surface area contributed by atoms with Crippen molar-refractivity contribution >= 4 is 21.6 Å². The van der Waals surface area contributed by atoms with Crippen LogP contribution in [0, 0.1) is 0 Å². The molecule has 1 saturated heterocycles. The van der Waals surface area contributed by atoms with Crippen LogP contribution in [0.5, 0.6) is 0 Å². The van der Waals surface area contributed by atoms with Crippen molar-refractivity contribution in [2.75, 3.05) is 31.1 Å². The van der Waals surface area contributed by atoms with E-state index in [9.17, 15) is 13.2 Å². The molecule has 2 aromatic rings. The molecule has 1 aromatic heterocycles. The minimum absolute atomic E-state index is 0.0728. The molecule has 0 spiro atoms. The first-order valence-corrected chi connectivity index (χ1v) is 10.4. The van der Waals surface area contributed by atoms with Crippen LogP contribution in [0.15, 0.2) is 35.5 Å². The predicted molar refractivity (Wildman–Crippen MR) is 101 cm³/mol. The normalized spacial score (nSPS) is 20.7. The van der Waals surface area contributed by atoms with E-state index in [1.54, 1.807) is 23.2 Å². The molecule has 1 aromatic carbocycles. The molecule has 3 heterocycles. The summed E-state index contributed by atoms with van der Waals surface area (Å²) in [6.07, 6.45) is 4.24. The maximum atomic E-state index is 13.4. The number of aromatic nitrogens is 2. The van der Waals surface area contributed by atoms with Gasteiger partial charge in [0.1, 0.15) is 5.82 Å². The molecule has 144 valence electrons. The second kappa shape index (κ2) is 6.74. The van der Waals surface area contributed by atoms with Crippen molar-refractivity contribution in [3.8, 4) is 0 Å². The molecule has 0 radical (unpaired) electrons. The highest BCUT2D eigenvalue weighted by Gasteiger charge is 2.37. The summed E-state index contributed by atoms with van der Waals surface area (Å²) in [4.78, 5) is 18.1. The van der Waals surface area contributed by atoms with Gasteiger partial charge in [-0.3, -0.25) is 4.79 Å². The minimum Gasteiger partial charge on any atom is -0.337 e. The number of hydrogen-bond donors (Lipinski definition) is 1. The Hall–Kier alpha value is -2.23. The van der Waals surface area contributed by atoms with E-state index in [0.717, 1.165) is 12.0 Å². The number of fused-ring (bicyclic) bond motifs is 1. The zero-order valence-corrected chi connectivity index (χ0v) is 16.2. The van der Waals surface area contributed by atoms with Crippen LogP contribution >= 0.6 is 0 Å². The van der Waals surface area contributed by atoms with Gasteiger partial charge in [-0.15, -0.1) is 0 Å². The molecule has 1 atom stereocenters. The van der Waals surface area contributed by atoms with Crippen LogP contribution in [0.1, 0.15) is 24.4 Å². The molecule has 9 heteroatoms. The summed E-state index contributed by atoms with van der Waals surface area (Å²) >= 11 is 0. The van der Waals surface area contributed by atoms with Gasteiger partial charge in [-0.1, -0.05) is 6.07 Å². The van der Waals surface area contributed by atoms with E-state index in [4.69, 9.17) is 0 Å². The summed E-state index contributed by atoms with van der Waals surface area (Å²) in [5.41, 5.74) is 1.71. The zero-order valence-electron chi connectivity index (χ0n) is 15.4. The molecule has 4 rings (SSSR count). The van der Waals surface area contributed by atoms with E-state index >= 15 is 0 Å². The number of aryl methyl sites for hydroxylation is 1. The Morgan fingerprint density at radius 1 is 1.30 bits per heavy atom. The number of rotatable bonds is 3. The van der Waals surface area contributed by atoms with Gasteiger partial charge in [0.25, 0.3) is 0 Å². The molecule has 1 unspecified atom stereocenters. The smallest absolute Gasteiger partial charge is 0.243 e. The molecule has 8 nitrogen and oxygen atoms in total. The highest BCUT2D eigenvalue weighted by atomic mass is 32.2. The lowest BCUT2D eigenvalue weighted by molar-refractivity contribution is -0.116. The van der Waals surface area contributed by atoms with E-state index in [-0.39, 0.29) is 16.8 Å². The van der Waals surface area contributed by atoms with Gasteiger partial charge in [0, 0.05) is 58.2 Å². The van der Waals surface area contributed by atoms with E-state index in [2.05, 4.69) is 10.3 Å². The largest absolute Gasteiger partial charge is 0.337 e. The van der Waals surface area contributed by atoms with E-state index in [1.807, 2.05) is 23.9 Å². The highest BCUT2D eigenvalue weighted by Crippen LogP contribution is 2.34. The molecular weight excluding hydrogens is 366 g/mol. The summed E-state index contributed by atoms with van der Waals surface area (Å²) in [7, 11) is -1.86. The Bertz CT molecular complexity index is 985. The molecule has 0 bridgehead atoms. The molecular formula is C18H23N5O3S. The predicted octanol–water partition coefficient (Wildman–Crippen LogP) is 0.664. The third kappa shape index (κ3) is 3.05. The van der Waals surface area contributed by atoms with Crippen LogP contribution in [0.2, 0.25) is 0 Å². The van der Waals surface area contributed by atoms with Crippen molar-refractivity contribution in [3.05, 3.63) is 42.0 Å². The summed E-state index contributed by atoms with van der Waals surface area (Å²) in [5, 5.41) is 3.26. The number of hydrogen-bond acceptors (Lipinski definition) is 5. The minimum atomic E-state index is -3.72. The van der Waals surface area contributed by atoms with Gasteiger partial charge in [-0.25, -0.2) is 13.4 Å². The Labute approximate surface area is 158 Å². The second-order valence-electron chi connectivity index (χ2n) is 6.94. The fourth-order valence-electron chi connectivity index (χ4n) is 3.87. The number of nitrogens with one attached hydrogen (secondary N) is 1. The molecule has 27 heavy (non-hydrogen) atoms. The molecule has 2 aliphatic rings. The van der Waals surface area contributed by atoms with Crippen LogP contribution < -0.4 is 10.2 Å². The van der Waals surface area contributed by atoms with Crippen LogP contribution in [-0.2, 0) is 28.3 Å². The van der Waals surface area contributed by atoms with E-state index < -0.39 is 10.0 Å². The summed E-state index contributed by atoms with van der Waals surface area (Å²) in [5.74, 6) is 0.633. The maximum absolute atomic E-state index is 13.4. The molecule has 0 saturated carbocycles. The number of carbonyl (C=O) groups excluding carboxylic acids is 1. The van der Waals surface area contributed by atoms with Crippen molar-refractivity contribution < 1.29 is 13.2 Å². The van der Waals surface area contributed by atoms with E-state index in [1.165, 1.54) is 11.2 Å². The number of amides is 1. The topological polar surface area (TPSA) is 87.5 Å². The van der Waals surface area contributed by atoms with Crippen molar-refractivity contribution in [1.29, 1.82) is 0 Å². The Balaban J connectivity index is 1.73. The fourth-order valence-corrected chi connectivity index (χ4v) is 5.48. The average Bonchev–Trinajstić information content (AvgIpc) is 3.27. The Morgan fingerprint density at radius 3 is 2.81 bits per heavy atom. The standard InChI is InChI=1S/C18H23N5O3S/c1-13(24)22-8-5-14-3-4-15(11-16(14)22)27(25,26)23-10-6-19-12-17(23)18-20-7-9-21(18)2/h3-4,7,9,11,17,19H,5-6,8,10,12H2,1-2H3. The quantitative estimate of drug-likeness (QED) is 0.834. The number of nitrogens with zero attached hydrogens (tertiary/aromatic N) is 4. The van der Waals surface area contributed by atoms with Crippen molar-refractivity contribution in [2.24, 2.45) is 7.05 Å². The summed E-state index contributed by atoms with van der Waals surface area (Å²) in [6.45, 7) is 3.56. The Kier molecular flexibility index (Phi) is 4.53. The average molecular weight is 389 g/mol. The van der Waals surface area contributed by atoms with Crippen LogP contribution in [0.4, 0.5) is 5.69 Å². The van der Waals surface area contributed by atoms with Gasteiger partial charge < -0.3 is 14.8 Å². The molecule has 1 fully saturated rings. The van der Waals surface area contributed by atoms with Gasteiger partial charge >= 0.3 is 0 Å². The van der Waals surface area contributed by atoms with E-state index in [0.29, 0.717) is 37.7 Å². The fraction of sp³-hybridized carbons (Fsp3) is 0.444. The number of carbonyl (C=O) groups is 1. The number of sulfonamides is 1. The van der Waals surface area contributed by atoms with Gasteiger partial charge in [0.15, 0.2) is 0 Å². The molecule has 2 aliphatic heterocycles. The summed E-state index contributed by atoms with van der Waals surface area (Å²) < 4.78 is 30.2. The van der Waals surface area contributed by atoms with Crippen molar-refractivity contribution in [1.82, 2.24) is 19.2 Å². The number of benzene rings is 1. The molecule has 0 aliphatic carbocycles. The third-order valence-electron chi connectivity index (χ3n) is 5.29.